The van der Waals surface area contributed by atoms with E-state index in [9.17, 15) is 14.4 Å². The zero-order valence-corrected chi connectivity index (χ0v) is 12.5. The molecule has 1 atom stereocenters. The molecule has 2 amide bonds. The molecule has 0 heterocycles. The van der Waals surface area contributed by atoms with Gasteiger partial charge in [-0.25, -0.2) is 4.79 Å². The molecule has 6 nitrogen and oxygen atoms in total. The van der Waals surface area contributed by atoms with Crippen molar-refractivity contribution >= 4 is 29.5 Å². The number of carbonyl (C=O) groups excluding carboxylic acids is 2. The maximum Gasteiger partial charge on any atom is 0.326 e. The molecule has 21 heavy (non-hydrogen) atoms. The van der Waals surface area contributed by atoms with E-state index < -0.39 is 23.8 Å². The van der Waals surface area contributed by atoms with E-state index in [2.05, 4.69) is 5.32 Å². The highest BCUT2D eigenvalue weighted by molar-refractivity contribution is 8.00. The SMILES string of the molecule is Cc1ccc(SCC(=O)NC(CCC(N)=O)C(=O)O)cc1. The van der Waals surface area contributed by atoms with Crippen molar-refractivity contribution in [3.63, 3.8) is 0 Å². The Morgan fingerprint density at radius 2 is 1.90 bits per heavy atom. The number of rotatable bonds is 8. The van der Waals surface area contributed by atoms with Gasteiger partial charge in [0.25, 0.3) is 0 Å². The Bertz CT molecular complexity index is 516. The molecule has 0 aliphatic carbocycles. The number of primary amides is 1. The predicted molar refractivity (Wildman–Crippen MR) is 79.9 cm³/mol. The van der Waals surface area contributed by atoms with Gasteiger partial charge < -0.3 is 16.2 Å². The first-order chi connectivity index (χ1) is 9.88. The molecule has 0 radical (unpaired) electrons. The van der Waals surface area contributed by atoms with E-state index in [1.165, 1.54) is 11.8 Å². The minimum absolute atomic E-state index is 0.00833. The fourth-order valence-corrected chi connectivity index (χ4v) is 2.27. The van der Waals surface area contributed by atoms with Crippen molar-refractivity contribution in [3.05, 3.63) is 29.8 Å². The number of aryl methyl sites for hydroxylation is 1. The summed E-state index contributed by atoms with van der Waals surface area (Å²) in [4.78, 5) is 34.3. The van der Waals surface area contributed by atoms with Crippen molar-refractivity contribution in [3.8, 4) is 0 Å². The lowest BCUT2D eigenvalue weighted by molar-refractivity contribution is -0.141. The van der Waals surface area contributed by atoms with Crippen LogP contribution in [-0.2, 0) is 14.4 Å². The summed E-state index contributed by atoms with van der Waals surface area (Å²) >= 11 is 1.32. The van der Waals surface area contributed by atoms with Gasteiger partial charge in [-0.1, -0.05) is 17.7 Å². The van der Waals surface area contributed by atoms with Gasteiger partial charge in [0.05, 0.1) is 5.75 Å². The molecule has 1 unspecified atom stereocenters. The van der Waals surface area contributed by atoms with E-state index in [1.807, 2.05) is 31.2 Å². The zero-order valence-electron chi connectivity index (χ0n) is 11.7. The molecule has 0 fully saturated rings. The summed E-state index contributed by atoms with van der Waals surface area (Å²) in [7, 11) is 0. The molecule has 0 aliphatic heterocycles. The summed E-state index contributed by atoms with van der Waals surface area (Å²) in [6, 6.07) is 6.58. The van der Waals surface area contributed by atoms with Gasteiger partial charge in [0, 0.05) is 11.3 Å². The zero-order chi connectivity index (χ0) is 15.8. The highest BCUT2D eigenvalue weighted by Crippen LogP contribution is 2.17. The Labute approximate surface area is 127 Å². The van der Waals surface area contributed by atoms with Gasteiger partial charge >= 0.3 is 5.97 Å². The average molecular weight is 310 g/mol. The molecule has 0 saturated heterocycles. The molecule has 7 heteroatoms. The first-order valence-electron chi connectivity index (χ1n) is 6.38. The Kier molecular flexibility index (Phi) is 6.74. The van der Waals surface area contributed by atoms with Gasteiger partial charge in [0.2, 0.25) is 11.8 Å². The van der Waals surface area contributed by atoms with Gasteiger partial charge in [-0.05, 0) is 25.5 Å². The lowest BCUT2D eigenvalue weighted by atomic mass is 10.1. The van der Waals surface area contributed by atoms with E-state index in [4.69, 9.17) is 10.8 Å². The first kappa shape index (κ1) is 17.0. The van der Waals surface area contributed by atoms with Crippen LogP contribution in [0, 0.1) is 6.92 Å². The lowest BCUT2D eigenvalue weighted by Crippen LogP contribution is -2.42. The molecular weight excluding hydrogens is 292 g/mol. The van der Waals surface area contributed by atoms with Crippen LogP contribution in [-0.4, -0.2) is 34.7 Å². The van der Waals surface area contributed by atoms with E-state index >= 15 is 0 Å². The predicted octanol–water partition coefficient (Wildman–Crippen LogP) is 0.922. The number of nitrogens with one attached hydrogen (secondary N) is 1. The number of benzene rings is 1. The van der Waals surface area contributed by atoms with Crippen LogP contribution in [0.5, 0.6) is 0 Å². The maximum atomic E-state index is 11.7. The standard InChI is InChI=1S/C14H18N2O4S/c1-9-2-4-10(5-3-9)21-8-13(18)16-11(14(19)20)6-7-12(15)17/h2-5,11H,6-8H2,1H3,(H2,15,17)(H,16,18)(H,19,20). The monoisotopic (exact) mass is 310 g/mol. The molecule has 1 aromatic rings. The molecule has 0 aromatic heterocycles. The molecule has 4 N–H and O–H groups in total. The van der Waals surface area contributed by atoms with Crippen LogP contribution in [0.2, 0.25) is 0 Å². The topological polar surface area (TPSA) is 109 Å². The van der Waals surface area contributed by atoms with Crippen LogP contribution in [0.1, 0.15) is 18.4 Å². The highest BCUT2D eigenvalue weighted by Gasteiger charge is 2.20. The summed E-state index contributed by atoms with van der Waals surface area (Å²) in [6.07, 6.45) is -0.0893. The van der Waals surface area contributed by atoms with Gasteiger partial charge in [0.1, 0.15) is 6.04 Å². The quantitative estimate of drug-likeness (QED) is 0.619. The molecular formula is C14H18N2O4S. The van der Waals surface area contributed by atoms with Crippen LogP contribution < -0.4 is 11.1 Å². The minimum atomic E-state index is -1.18. The molecule has 114 valence electrons. The molecule has 1 aromatic carbocycles. The molecule has 0 aliphatic rings. The third-order valence-electron chi connectivity index (χ3n) is 2.70. The number of aliphatic carboxylic acids is 1. The summed E-state index contributed by atoms with van der Waals surface area (Å²) in [5.74, 6) is -2.05. The summed E-state index contributed by atoms with van der Waals surface area (Å²) in [5, 5.41) is 11.4. The molecule has 0 spiro atoms. The summed E-state index contributed by atoms with van der Waals surface area (Å²) in [5.41, 5.74) is 6.10. The normalized spacial score (nSPS) is 11.7. The van der Waals surface area contributed by atoms with Crippen molar-refractivity contribution in [2.24, 2.45) is 5.73 Å². The number of carboxylic acids is 1. The van der Waals surface area contributed by atoms with E-state index in [-0.39, 0.29) is 18.6 Å². The van der Waals surface area contributed by atoms with Crippen LogP contribution in [0.25, 0.3) is 0 Å². The van der Waals surface area contributed by atoms with Crippen LogP contribution in [0.15, 0.2) is 29.2 Å². The Morgan fingerprint density at radius 1 is 1.29 bits per heavy atom. The van der Waals surface area contributed by atoms with E-state index in [0.717, 1.165) is 10.5 Å². The van der Waals surface area contributed by atoms with Crippen LogP contribution >= 0.6 is 11.8 Å². The number of hydrogen-bond donors (Lipinski definition) is 3. The number of amides is 2. The van der Waals surface area contributed by atoms with Gasteiger partial charge in [-0.3, -0.25) is 9.59 Å². The molecule has 1 rings (SSSR count). The Hall–Kier alpha value is -2.02. The number of carboxylic acid groups (broad SMARTS) is 1. The fraction of sp³-hybridized carbons (Fsp3) is 0.357. The number of nitrogens with two attached hydrogens (primary N) is 1. The van der Waals surface area contributed by atoms with Gasteiger partial charge in [0.15, 0.2) is 0 Å². The van der Waals surface area contributed by atoms with Crippen LogP contribution in [0.4, 0.5) is 0 Å². The largest absolute Gasteiger partial charge is 0.480 e. The smallest absolute Gasteiger partial charge is 0.326 e. The van der Waals surface area contributed by atoms with Crippen molar-refractivity contribution in [1.29, 1.82) is 0 Å². The van der Waals surface area contributed by atoms with Crippen molar-refractivity contribution in [2.75, 3.05) is 5.75 Å². The third-order valence-corrected chi connectivity index (χ3v) is 3.72. The lowest BCUT2D eigenvalue weighted by Gasteiger charge is -2.13. The minimum Gasteiger partial charge on any atom is -0.480 e. The average Bonchev–Trinajstić information content (AvgIpc) is 2.42. The van der Waals surface area contributed by atoms with Crippen LogP contribution in [0.3, 0.4) is 0 Å². The second kappa shape index (κ2) is 8.31. The molecule has 0 saturated carbocycles. The van der Waals surface area contributed by atoms with E-state index in [1.54, 1.807) is 0 Å². The van der Waals surface area contributed by atoms with Crippen molar-refractivity contribution in [1.82, 2.24) is 5.32 Å². The van der Waals surface area contributed by atoms with Crippen molar-refractivity contribution in [2.45, 2.75) is 30.7 Å². The second-order valence-electron chi connectivity index (χ2n) is 4.57. The first-order valence-corrected chi connectivity index (χ1v) is 7.37. The number of thioether (sulfide) groups is 1. The molecule has 0 bridgehead atoms. The van der Waals surface area contributed by atoms with Crippen molar-refractivity contribution < 1.29 is 19.5 Å². The Balaban J connectivity index is 2.44. The number of hydrogen-bond acceptors (Lipinski definition) is 4. The summed E-state index contributed by atoms with van der Waals surface area (Å²) in [6.45, 7) is 1.97. The highest BCUT2D eigenvalue weighted by atomic mass is 32.2. The maximum absolute atomic E-state index is 11.7. The van der Waals surface area contributed by atoms with E-state index in [0.29, 0.717) is 0 Å². The third kappa shape index (κ3) is 6.80. The van der Waals surface area contributed by atoms with Gasteiger partial charge in [-0.15, -0.1) is 11.8 Å². The fourth-order valence-electron chi connectivity index (χ4n) is 1.56. The van der Waals surface area contributed by atoms with Gasteiger partial charge in [-0.2, -0.15) is 0 Å². The summed E-state index contributed by atoms with van der Waals surface area (Å²) < 4.78 is 0. The second-order valence-corrected chi connectivity index (χ2v) is 5.61. The number of carbonyl (C=O) groups is 3. The Morgan fingerprint density at radius 3 is 2.43 bits per heavy atom.